The number of ether oxygens (including phenoxy) is 1. The molecule has 0 saturated carbocycles. The Morgan fingerprint density at radius 3 is 3.00 bits per heavy atom. The van der Waals surface area contributed by atoms with E-state index in [0.29, 0.717) is 24.7 Å². The molecule has 7 nitrogen and oxygen atoms in total. The van der Waals surface area contributed by atoms with Crippen LogP contribution in [0.3, 0.4) is 0 Å². The molecule has 2 aromatic heterocycles. The van der Waals surface area contributed by atoms with Gasteiger partial charge < -0.3 is 9.64 Å². The first-order chi connectivity index (χ1) is 10.1. The molecule has 0 radical (unpaired) electrons. The van der Waals surface area contributed by atoms with Crippen molar-refractivity contribution in [3.63, 3.8) is 0 Å². The van der Waals surface area contributed by atoms with Gasteiger partial charge in [0, 0.05) is 36.7 Å². The number of aryl methyl sites for hydroxylation is 1. The van der Waals surface area contributed by atoms with Crippen molar-refractivity contribution in [2.24, 2.45) is 7.05 Å². The third kappa shape index (κ3) is 3.21. The molecule has 1 unspecified atom stereocenters. The number of likely N-dealkylation sites (tertiary alicyclic amines) is 1. The zero-order valence-electron chi connectivity index (χ0n) is 11.4. The van der Waals surface area contributed by atoms with Crippen LogP contribution in [-0.4, -0.2) is 50.0 Å². The van der Waals surface area contributed by atoms with Gasteiger partial charge in [0.05, 0.1) is 12.7 Å². The molecule has 0 aromatic carbocycles. The third-order valence-electron chi connectivity index (χ3n) is 3.24. The van der Waals surface area contributed by atoms with Crippen LogP contribution in [-0.2, 0) is 7.05 Å². The van der Waals surface area contributed by atoms with Gasteiger partial charge in [0.2, 0.25) is 5.88 Å². The molecule has 0 bridgehead atoms. The van der Waals surface area contributed by atoms with Crippen molar-refractivity contribution in [3.05, 3.63) is 34.7 Å². The number of hydrogen-bond donors (Lipinski definition) is 0. The van der Waals surface area contributed by atoms with E-state index in [1.165, 1.54) is 4.68 Å². The van der Waals surface area contributed by atoms with E-state index in [1.807, 2.05) is 6.07 Å². The molecular weight excluding hydrogens is 338 g/mol. The zero-order chi connectivity index (χ0) is 14.8. The minimum atomic E-state index is -0.113. The Morgan fingerprint density at radius 1 is 1.48 bits per heavy atom. The van der Waals surface area contributed by atoms with Crippen LogP contribution in [0.1, 0.15) is 16.9 Å². The van der Waals surface area contributed by atoms with Crippen LogP contribution < -0.4 is 4.74 Å². The molecule has 8 heteroatoms. The monoisotopic (exact) mass is 351 g/mol. The summed E-state index contributed by atoms with van der Waals surface area (Å²) in [6, 6.07) is 3.68. The van der Waals surface area contributed by atoms with Gasteiger partial charge in [-0.25, -0.2) is 4.98 Å². The predicted octanol–water partition coefficient (Wildman–Crippen LogP) is 1.27. The van der Waals surface area contributed by atoms with Crippen LogP contribution in [0, 0.1) is 0 Å². The highest BCUT2D eigenvalue weighted by molar-refractivity contribution is 9.10. The number of pyridine rings is 1. The number of nitrogens with zero attached hydrogens (tertiary/aromatic N) is 5. The maximum Gasteiger partial charge on any atom is 0.276 e. The van der Waals surface area contributed by atoms with Crippen molar-refractivity contribution in [1.82, 2.24) is 24.9 Å². The molecule has 0 spiro atoms. The van der Waals surface area contributed by atoms with Crippen LogP contribution >= 0.6 is 15.9 Å². The fourth-order valence-corrected chi connectivity index (χ4v) is 2.45. The van der Waals surface area contributed by atoms with E-state index in [2.05, 4.69) is 31.2 Å². The van der Waals surface area contributed by atoms with Gasteiger partial charge in [0.25, 0.3) is 5.91 Å². The third-order valence-corrected chi connectivity index (χ3v) is 3.71. The van der Waals surface area contributed by atoms with Crippen molar-refractivity contribution >= 4 is 21.8 Å². The fourth-order valence-electron chi connectivity index (χ4n) is 2.22. The smallest absolute Gasteiger partial charge is 0.276 e. The van der Waals surface area contributed by atoms with Crippen molar-refractivity contribution in [2.45, 2.75) is 12.5 Å². The Hall–Kier alpha value is -1.96. The molecule has 1 saturated heterocycles. The normalized spacial score (nSPS) is 18.0. The van der Waals surface area contributed by atoms with E-state index < -0.39 is 0 Å². The summed E-state index contributed by atoms with van der Waals surface area (Å²) < 4.78 is 8.21. The standard InChI is InChI=1S/C13H14BrN5O2/c1-18-8-11(16-17-18)13(20)19-5-4-10(7-19)21-12-3-2-9(14)6-15-12/h2-3,6,8,10H,4-5,7H2,1H3. The molecule has 3 heterocycles. The van der Waals surface area contributed by atoms with Crippen LogP contribution in [0.15, 0.2) is 29.0 Å². The number of carbonyl (C=O) groups excluding carboxylic acids is 1. The van der Waals surface area contributed by atoms with Gasteiger partial charge in [0.1, 0.15) is 6.10 Å². The first-order valence-corrected chi connectivity index (χ1v) is 7.35. The summed E-state index contributed by atoms with van der Waals surface area (Å²) in [5, 5.41) is 7.62. The van der Waals surface area contributed by atoms with Gasteiger partial charge in [-0.1, -0.05) is 5.21 Å². The first kappa shape index (κ1) is 14.0. The van der Waals surface area contributed by atoms with E-state index in [1.54, 1.807) is 30.4 Å². The van der Waals surface area contributed by atoms with Gasteiger partial charge in [-0.2, -0.15) is 0 Å². The number of carbonyl (C=O) groups is 1. The van der Waals surface area contributed by atoms with Gasteiger partial charge in [-0.15, -0.1) is 5.10 Å². The molecule has 1 amide bonds. The summed E-state index contributed by atoms with van der Waals surface area (Å²) in [7, 11) is 1.74. The first-order valence-electron chi connectivity index (χ1n) is 6.55. The van der Waals surface area contributed by atoms with Crippen LogP contribution in [0.2, 0.25) is 0 Å². The quantitative estimate of drug-likeness (QED) is 0.832. The minimum Gasteiger partial charge on any atom is -0.472 e. The number of amides is 1. The summed E-state index contributed by atoms with van der Waals surface area (Å²) in [6.45, 7) is 1.18. The SMILES string of the molecule is Cn1cc(C(=O)N2CCC(Oc3ccc(Br)cn3)C2)nn1. The average Bonchev–Trinajstić information content (AvgIpc) is 3.10. The lowest BCUT2D eigenvalue weighted by atomic mass is 10.3. The predicted molar refractivity (Wildman–Crippen MR) is 77.9 cm³/mol. The van der Waals surface area contributed by atoms with Gasteiger partial charge in [-0.05, 0) is 22.0 Å². The Bertz CT molecular complexity index is 642. The number of aromatic nitrogens is 4. The second kappa shape index (κ2) is 5.80. The van der Waals surface area contributed by atoms with E-state index >= 15 is 0 Å². The van der Waals surface area contributed by atoms with Crippen molar-refractivity contribution in [2.75, 3.05) is 13.1 Å². The van der Waals surface area contributed by atoms with Gasteiger partial charge in [-0.3, -0.25) is 9.48 Å². The number of halogens is 1. The molecule has 3 rings (SSSR count). The minimum absolute atomic E-state index is 0.0423. The summed E-state index contributed by atoms with van der Waals surface area (Å²) >= 11 is 3.33. The van der Waals surface area contributed by atoms with E-state index in [4.69, 9.17) is 4.74 Å². The molecule has 2 aromatic rings. The van der Waals surface area contributed by atoms with Crippen molar-refractivity contribution in [1.29, 1.82) is 0 Å². The lowest BCUT2D eigenvalue weighted by molar-refractivity contribution is 0.0765. The Balaban J connectivity index is 1.60. The van der Waals surface area contributed by atoms with Gasteiger partial charge >= 0.3 is 0 Å². The Morgan fingerprint density at radius 2 is 2.33 bits per heavy atom. The molecule has 0 aliphatic carbocycles. The maximum absolute atomic E-state index is 12.2. The Labute approximate surface area is 130 Å². The molecule has 1 fully saturated rings. The number of rotatable bonds is 3. The summed E-state index contributed by atoms with van der Waals surface area (Å²) in [6.07, 6.45) is 4.04. The Kier molecular flexibility index (Phi) is 3.87. The van der Waals surface area contributed by atoms with Crippen LogP contribution in [0.5, 0.6) is 5.88 Å². The highest BCUT2D eigenvalue weighted by Crippen LogP contribution is 2.19. The summed E-state index contributed by atoms with van der Waals surface area (Å²) in [5.74, 6) is 0.454. The van der Waals surface area contributed by atoms with Crippen molar-refractivity contribution in [3.8, 4) is 5.88 Å². The molecule has 1 aliphatic rings. The zero-order valence-corrected chi connectivity index (χ0v) is 13.0. The lowest BCUT2D eigenvalue weighted by Crippen LogP contribution is -2.31. The average molecular weight is 352 g/mol. The molecule has 110 valence electrons. The van der Waals surface area contributed by atoms with Crippen molar-refractivity contribution < 1.29 is 9.53 Å². The van der Waals surface area contributed by atoms with E-state index in [9.17, 15) is 4.79 Å². The molecule has 0 N–H and O–H groups in total. The highest BCUT2D eigenvalue weighted by Gasteiger charge is 2.29. The van der Waals surface area contributed by atoms with Crippen LogP contribution in [0.25, 0.3) is 0 Å². The summed E-state index contributed by atoms with van der Waals surface area (Å²) in [4.78, 5) is 18.1. The second-order valence-corrected chi connectivity index (χ2v) is 5.79. The molecule has 1 atom stereocenters. The fraction of sp³-hybridized carbons (Fsp3) is 0.385. The molecule has 1 aliphatic heterocycles. The maximum atomic E-state index is 12.2. The second-order valence-electron chi connectivity index (χ2n) is 4.87. The van der Waals surface area contributed by atoms with E-state index in [-0.39, 0.29) is 12.0 Å². The molecular formula is C13H14BrN5O2. The largest absolute Gasteiger partial charge is 0.472 e. The van der Waals surface area contributed by atoms with E-state index in [0.717, 1.165) is 10.9 Å². The highest BCUT2D eigenvalue weighted by atomic mass is 79.9. The lowest BCUT2D eigenvalue weighted by Gasteiger charge is -2.15. The van der Waals surface area contributed by atoms with Crippen LogP contribution in [0.4, 0.5) is 0 Å². The topological polar surface area (TPSA) is 73.1 Å². The number of hydrogen-bond acceptors (Lipinski definition) is 5. The summed E-state index contributed by atoms with van der Waals surface area (Å²) in [5.41, 5.74) is 0.361. The molecule has 21 heavy (non-hydrogen) atoms. The van der Waals surface area contributed by atoms with Gasteiger partial charge in [0.15, 0.2) is 5.69 Å².